The zero-order chi connectivity index (χ0) is 16.4. The molecule has 0 aliphatic heterocycles. The van der Waals surface area contributed by atoms with E-state index >= 15 is 0 Å². The van der Waals surface area contributed by atoms with Gasteiger partial charge in [-0.1, -0.05) is 19.1 Å². The summed E-state index contributed by atoms with van der Waals surface area (Å²) in [6.45, 7) is -0.781. The zero-order valence-electron chi connectivity index (χ0n) is 12.5. The highest BCUT2D eigenvalue weighted by molar-refractivity contribution is 7.15. The third-order valence-corrected chi connectivity index (χ3v) is 4.79. The van der Waals surface area contributed by atoms with Gasteiger partial charge in [-0.05, 0) is 37.3 Å². The minimum Gasteiger partial charge on any atom is -0.434 e. The first-order valence-corrected chi connectivity index (χ1v) is 8.18. The molecule has 0 saturated carbocycles. The largest absolute Gasteiger partial charge is 0.434 e. The number of thiazole rings is 1. The number of nitrogens with zero attached hydrogens (tertiary/aromatic N) is 1. The maximum Gasteiger partial charge on any atom is 0.387 e. The number of fused-ring (bicyclic) bond motifs is 1. The lowest BCUT2D eigenvalue weighted by molar-refractivity contribution is -0.0501. The predicted molar refractivity (Wildman–Crippen MR) is 84.3 cm³/mol. The fraction of sp³-hybridized carbons (Fsp3) is 0.375. The van der Waals surface area contributed by atoms with E-state index in [1.54, 1.807) is 6.07 Å². The van der Waals surface area contributed by atoms with Gasteiger partial charge >= 0.3 is 6.61 Å². The molecule has 1 aliphatic rings. The number of benzene rings is 1. The van der Waals surface area contributed by atoms with E-state index in [4.69, 9.17) is 0 Å². The Balaban J connectivity index is 1.77. The van der Waals surface area contributed by atoms with E-state index in [9.17, 15) is 13.6 Å². The summed E-state index contributed by atoms with van der Waals surface area (Å²) in [6.07, 6.45) is 2.97. The molecule has 7 heteroatoms. The molecule has 1 aromatic heterocycles. The van der Waals surface area contributed by atoms with Crippen LogP contribution in [0.15, 0.2) is 24.3 Å². The highest BCUT2D eigenvalue weighted by Crippen LogP contribution is 2.32. The minimum absolute atomic E-state index is 0.0642. The highest BCUT2D eigenvalue weighted by atomic mass is 32.1. The molecule has 4 nitrogen and oxygen atoms in total. The van der Waals surface area contributed by atoms with Crippen LogP contribution in [-0.2, 0) is 12.8 Å². The van der Waals surface area contributed by atoms with Gasteiger partial charge in [0, 0.05) is 4.88 Å². The van der Waals surface area contributed by atoms with Crippen molar-refractivity contribution in [2.45, 2.75) is 32.8 Å². The van der Waals surface area contributed by atoms with Gasteiger partial charge in [-0.3, -0.25) is 10.1 Å². The number of anilines is 1. The number of alkyl halides is 2. The Hall–Kier alpha value is -2.02. The molecule has 0 spiro atoms. The van der Waals surface area contributed by atoms with Crippen LogP contribution in [0.1, 0.15) is 34.3 Å². The second-order valence-corrected chi connectivity index (χ2v) is 6.65. The molecule has 122 valence electrons. The van der Waals surface area contributed by atoms with Gasteiger partial charge in [0.15, 0.2) is 5.13 Å². The van der Waals surface area contributed by atoms with Crippen molar-refractivity contribution >= 4 is 22.4 Å². The van der Waals surface area contributed by atoms with Crippen LogP contribution in [0, 0.1) is 5.92 Å². The van der Waals surface area contributed by atoms with Crippen molar-refractivity contribution in [2.24, 2.45) is 5.92 Å². The van der Waals surface area contributed by atoms with Crippen molar-refractivity contribution in [1.82, 2.24) is 4.98 Å². The summed E-state index contributed by atoms with van der Waals surface area (Å²) < 4.78 is 29.2. The maximum atomic E-state index is 12.4. The first-order valence-electron chi connectivity index (χ1n) is 7.36. The van der Waals surface area contributed by atoms with Crippen molar-refractivity contribution in [3.8, 4) is 5.75 Å². The van der Waals surface area contributed by atoms with Crippen LogP contribution in [0.3, 0.4) is 0 Å². The van der Waals surface area contributed by atoms with E-state index in [0.717, 1.165) is 25.0 Å². The first-order chi connectivity index (χ1) is 11.0. The van der Waals surface area contributed by atoms with Crippen LogP contribution in [-0.4, -0.2) is 17.5 Å². The number of carbonyl (C=O) groups is 1. The van der Waals surface area contributed by atoms with E-state index in [0.29, 0.717) is 11.0 Å². The molecule has 1 amide bonds. The molecular formula is C16H16F2N2O2S. The average molecular weight is 338 g/mol. The lowest BCUT2D eigenvalue weighted by atomic mass is 9.93. The molecule has 2 aromatic rings. The molecule has 0 saturated heterocycles. The summed E-state index contributed by atoms with van der Waals surface area (Å²) in [7, 11) is 0. The molecule has 1 aromatic carbocycles. The van der Waals surface area contributed by atoms with Crippen molar-refractivity contribution in [2.75, 3.05) is 5.32 Å². The number of amides is 1. The van der Waals surface area contributed by atoms with Crippen LogP contribution in [0.25, 0.3) is 0 Å². The van der Waals surface area contributed by atoms with Gasteiger partial charge in [-0.15, -0.1) is 11.3 Å². The molecule has 1 N–H and O–H groups in total. The molecular weight excluding hydrogens is 322 g/mol. The van der Waals surface area contributed by atoms with Gasteiger partial charge < -0.3 is 4.74 Å². The summed E-state index contributed by atoms with van der Waals surface area (Å²) in [4.78, 5) is 18.0. The predicted octanol–water partition coefficient (Wildman–Crippen LogP) is 4.12. The number of hydrogen-bond donors (Lipinski definition) is 1. The lowest BCUT2D eigenvalue weighted by Crippen LogP contribution is -2.15. The molecule has 1 atom stereocenters. The van der Waals surface area contributed by atoms with Gasteiger partial charge in [0.25, 0.3) is 5.91 Å². The van der Waals surface area contributed by atoms with Gasteiger partial charge in [0.05, 0.1) is 11.3 Å². The SMILES string of the molecule is C[C@@H]1CCc2nc(NC(=O)c3ccccc3OC(F)F)sc2C1. The van der Waals surface area contributed by atoms with Crippen LogP contribution in [0.2, 0.25) is 0 Å². The number of rotatable bonds is 4. The fourth-order valence-corrected chi connectivity index (χ4v) is 3.78. The number of carbonyl (C=O) groups excluding carboxylic acids is 1. The summed E-state index contributed by atoms with van der Waals surface area (Å²) in [5, 5.41) is 3.19. The van der Waals surface area contributed by atoms with Crippen LogP contribution in [0.4, 0.5) is 13.9 Å². The zero-order valence-corrected chi connectivity index (χ0v) is 13.3. The van der Waals surface area contributed by atoms with Crippen LogP contribution < -0.4 is 10.1 Å². The summed E-state index contributed by atoms with van der Waals surface area (Å²) in [5.41, 5.74) is 1.09. The van der Waals surface area contributed by atoms with Crippen LogP contribution >= 0.6 is 11.3 Å². The highest BCUT2D eigenvalue weighted by Gasteiger charge is 2.22. The molecule has 0 radical (unpaired) electrons. The molecule has 0 bridgehead atoms. The number of aryl methyl sites for hydroxylation is 1. The van der Waals surface area contributed by atoms with Crippen molar-refractivity contribution in [1.29, 1.82) is 0 Å². The van der Waals surface area contributed by atoms with Gasteiger partial charge in [0.2, 0.25) is 0 Å². The molecule has 0 unspecified atom stereocenters. The number of nitrogens with one attached hydrogen (secondary N) is 1. The average Bonchev–Trinajstić information content (AvgIpc) is 2.88. The fourth-order valence-electron chi connectivity index (χ4n) is 2.61. The number of halogens is 2. The quantitative estimate of drug-likeness (QED) is 0.912. The van der Waals surface area contributed by atoms with E-state index in [1.165, 1.54) is 34.4 Å². The van der Waals surface area contributed by atoms with E-state index in [1.807, 2.05) is 0 Å². The Morgan fingerprint density at radius 2 is 2.22 bits per heavy atom. The molecule has 3 rings (SSSR count). The summed E-state index contributed by atoms with van der Waals surface area (Å²) in [6, 6.07) is 5.93. The number of aromatic nitrogens is 1. The normalized spacial score (nSPS) is 17.0. The monoisotopic (exact) mass is 338 g/mol. The van der Waals surface area contributed by atoms with Crippen molar-refractivity contribution < 1.29 is 18.3 Å². The van der Waals surface area contributed by atoms with Crippen molar-refractivity contribution in [3.05, 3.63) is 40.4 Å². The second kappa shape index (κ2) is 6.62. The van der Waals surface area contributed by atoms with Gasteiger partial charge in [-0.25, -0.2) is 4.98 Å². The maximum absolute atomic E-state index is 12.4. The molecule has 23 heavy (non-hydrogen) atoms. The van der Waals surface area contributed by atoms with Gasteiger partial charge in [0.1, 0.15) is 5.75 Å². The summed E-state index contributed by atoms with van der Waals surface area (Å²) >= 11 is 1.45. The Kier molecular flexibility index (Phi) is 4.56. The standard InChI is InChI=1S/C16H16F2N2O2S/c1-9-6-7-11-13(8-9)23-16(19-11)20-14(21)10-4-2-3-5-12(10)22-15(17)18/h2-5,9,15H,6-8H2,1H3,(H,19,20,21)/t9-/m1/s1. The molecule has 0 fully saturated rings. The van der Waals surface area contributed by atoms with E-state index in [2.05, 4.69) is 22.0 Å². The smallest absolute Gasteiger partial charge is 0.387 e. The molecule has 1 aliphatic carbocycles. The Labute approximate surface area is 136 Å². The van der Waals surface area contributed by atoms with Gasteiger partial charge in [-0.2, -0.15) is 8.78 Å². The lowest BCUT2D eigenvalue weighted by Gasteiger charge is -2.15. The number of ether oxygens (including phenoxy) is 1. The Morgan fingerprint density at radius 3 is 3.00 bits per heavy atom. The Morgan fingerprint density at radius 1 is 1.43 bits per heavy atom. The van der Waals surface area contributed by atoms with E-state index in [-0.39, 0.29) is 11.3 Å². The first kappa shape index (κ1) is 15.9. The topological polar surface area (TPSA) is 51.2 Å². The number of para-hydroxylation sites is 1. The van der Waals surface area contributed by atoms with E-state index < -0.39 is 12.5 Å². The Bertz CT molecular complexity index is 718. The van der Waals surface area contributed by atoms with Crippen molar-refractivity contribution in [3.63, 3.8) is 0 Å². The molecule has 1 heterocycles. The number of hydrogen-bond acceptors (Lipinski definition) is 4. The second-order valence-electron chi connectivity index (χ2n) is 5.57. The summed E-state index contributed by atoms with van der Waals surface area (Å²) in [5.74, 6) is -0.0259. The van der Waals surface area contributed by atoms with Crippen LogP contribution in [0.5, 0.6) is 5.75 Å². The minimum atomic E-state index is -2.97. The third-order valence-electron chi connectivity index (χ3n) is 3.75. The third kappa shape index (κ3) is 3.67.